The molecule has 26 heavy (non-hydrogen) atoms. The van der Waals surface area contributed by atoms with Gasteiger partial charge < -0.3 is 14.4 Å². The largest absolute Gasteiger partial charge is 0.361 e. The van der Waals surface area contributed by atoms with Crippen LogP contribution in [0.4, 0.5) is 17.5 Å². The minimum Gasteiger partial charge on any atom is -0.361 e. The van der Waals surface area contributed by atoms with Crippen LogP contribution in [0, 0.1) is 0 Å². The lowest BCUT2D eigenvalue weighted by Crippen LogP contribution is -2.24. The molecule has 1 fully saturated rings. The smallest absolute Gasteiger partial charge is 0.281 e. The van der Waals surface area contributed by atoms with Gasteiger partial charge in [-0.2, -0.15) is 13.4 Å². The fraction of sp³-hybridized carbons (Fsp3) is 0.562. The molecule has 0 saturated carbocycles. The molecule has 2 aromatic rings. The summed E-state index contributed by atoms with van der Waals surface area (Å²) in [5, 5.41) is -0.0282. The molecule has 2 aromatic heterocycles. The van der Waals surface area contributed by atoms with Crippen molar-refractivity contribution >= 4 is 27.5 Å². The number of hydrogen-bond donors (Lipinski definition) is 1. The van der Waals surface area contributed by atoms with E-state index in [1.54, 1.807) is 9.47 Å². The van der Waals surface area contributed by atoms with Crippen LogP contribution >= 0.6 is 0 Å². The molecule has 0 bridgehead atoms. The molecule has 0 unspecified atom stereocenters. The zero-order valence-corrected chi connectivity index (χ0v) is 16.4. The summed E-state index contributed by atoms with van der Waals surface area (Å²) < 4.78 is 29.7. The first-order valence-electron chi connectivity index (χ1n) is 8.63. The SMILES string of the molecule is CC(C)n1cnc(S(=O)(=O)Nc2cnc(N3CCCC3)nc2N(C)C)c1. The molecule has 0 atom stereocenters. The number of sulfonamides is 1. The van der Waals surface area contributed by atoms with Gasteiger partial charge in [-0.15, -0.1) is 0 Å². The van der Waals surface area contributed by atoms with E-state index in [-0.39, 0.29) is 11.1 Å². The third-order valence-corrected chi connectivity index (χ3v) is 5.51. The molecule has 0 aliphatic carbocycles. The Bertz CT molecular complexity index is 870. The van der Waals surface area contributed by atoms with Crippen molar-refractivity contribution in [2.45, 2.75) is 37.8 Å². The highest BCUT2D eigenvalue weighted by molar-refractivity contribution is 7.92. The molecule has 1 N–H and O–H groups in total. The predicted molar refractivity (Wildman–Crippen MR) is 101 cm³/mol. The highest BCUT2D eigenvalue weighted by Crippen LogP contribution is 2.27. The van der Waals surface area contributed by atoms with Crippen molar-refractivity contribution in [1.82, 2.24) is 19.5 Å². The topological polar surface area (TPSA) is 96.2 Å². The Morgan fingerprint density at radius 3 is 2.46 bits per heavy atom. The predicted octanol–water partition coefficient (Wildman–Crippen LogP) is 1.72. The van der Waals surface area contributed by atoms with Crippen molar-refractivity contribution in [3.63, 3.8) is 0 Å². The van der Waals surface area contributed by atoms with Gasteiger partial charge in [0.1, 0.15) is 5.69 Å². The number of rotatable bonds is 6. The van der Waals surface area contributed by atoms with Crippen molar-refractivity contribution in [3.05, 3.63) is 18.7 Å². The van der Waals surface area contributed by atoms with Crippen LogP contribution in [0.5, 0.6) is 0 Å². The summed E-state index contributed by atoms with van der Waals surface area (Å²) in [5.41, 5.74) is 0.331. The summed E-state index contributed by atoms with van der Waals surface area (Å²) in [6.45, 7) is 5.76. The number of nitrogens with zero attached hydrogens (tertiary/aromatic N) is 6. The van der Waals surface area contributed by atoms with Crippen LogP contribution in [0.15, 0.2) is 23.7 Å². The summed E-state index contributed by atoms with van der Waals surface area (Å²) in [5.74, 6) is 1.15. The van der Waals surface area contributed by atoms with E-state index in [1.807, 2.05) is 27.9 Å². The first-order chi connectivity index (χ1) is 12.3. The van der Waals surface area contributed by atoms with E-state index < -0.39 is 10.0 Å². The lowest BCUT2D eigenvalue weighted by molar-refractivity contribution is 0.591. The Labute approximate surface area is 154 Å². The number of aromatic nitrogens is 4. The standard InChI is InChI=1S/C16H25N7O2S/c1-12(2)23-10-14(18-11-23)26(24,25)20-13-9-17-16(19-15(13)21(3)4)22-7-5-6-8-22/h9-12,20H,5-8H2,1-4H3. The zero-order chi connectivity index (χ0) is 18.9. The molecular weight excluding hydrogens is 354 g/mol. The van der Waals surface area contributed by atoms with Gasteiger partial charge in [-0.25, -0.2) is 9.97 Å². The Kier molecular flexibility index (Phi) is 5.03. The molecule has 10 heteroatoms. The number of imidazole rings is 1. The van der Waals surface area contributed by atoms with Gasteiger partial charge >= 0.3 is 0 Å². The van der Waals surface area contributed by atoms with Crippen molar-refractivity contribution in [2.24, 2.45) is 0 Å². The monoisotopic (exact) mass is 379 g/mol. The van der Waals surface area contributed by atoms with Crippen LogP contribution in [-0.4, -0.2) is 55.1 Å². The molecule has 0 amide bonds. The number of anilines is 3. The molecule has 1 saturated heterocycles. The van der Waals surface area contributed by atoms with E-state index in [2.05, 4.69) is 24.6 Å². The normalized spacial score (nSPS) is 14.9. The van der Waals surface area contributed by atoms with Crippen LogP contribution < -0.4 is 14.5 Å². The summed E-state index contributed by atoms with van der Waals surface area (Å²) in [6, 6.07) is 0.131. The van der Waals surface area contributed by atoms with Crippen molar-refractivity contribution in [1.29, 1.82) is 0 Å². The highest BCUT2D eigenvalue weighted by atomic mass is 32.2. The van der Waals surface area contributed by atoms with Crippen molar-refractivity contribution in [3.8, 4) is 0 Å². The van der Waals surface area contributed by atoms with Crippen molar-refractivity contribution < 1.29 is 8.42 Å². The Balaban J connectivity index is 1.90. The fourth-order valence-corrected chi connectivity index (χ4v) is 3.77. The van der Waals surface area contributed by atoms with E-state index in [1.165, 1.54) is 18.7 Å². The molecule has 1 aliphatic rings. The van der Waals surface area contributed by atoms with E-state index in [4.69, 9.17) is 0 Å². The van der Waals surface area contributed by atoms with Gasteiger partial charge in [0.15, 0.2) is 10.8 Å². The third kappa shape index (κ3) is 3.74. The molecular formula is C16H25N7O2S. The minimum absolute atomic E-state index is 0.0282. The molecule has 1 aliphatic heterocycles. The second-order valence-corrected chi connectivity index (χ2v) is 8.48. The van der Waals surface area contributed by atoms with E-state index in [0.717, 1.165) is 25.9 Å². The lowest BCUT2D eigenvalue weighted by atomic mass is 10.4. The molecule has 3 heterocycles. The van der Waals surface area contributed by atoms with Gasteiger partial charge in [0.05, 0.1) is 12.5 Å². The molecule has 142 valence electrons. The van der Waals surface area contributed by atoms with Crippen LogP contribution in [0.2, 0.25) is 0 Å². The van der Waals surface area contributed by atoms with Gasteiger partial charge in [0.2, 0.25) is 5.95 Å². The Morgan fingerprint density at radius 1 is 1.19 bits per heavy atom. The number of nitrogens with one attached hydrogen (secondary N) is 1. The van der Waals surface area contributed by atoms with Crippen molar-refractivity contribution in [2.75, 3.05) is 41.7 Å². The van der Waals surface area contributed by atoms with Gasteiger partial charge in [0.25, 0.3) is 10.0 Å². The lowest BCUT2D eigenvalue weighted by Gasteiger charge is -2.21. The minimum atomic E-state index is -3.82. The van der Waals surface area contributed by atoms with E-state index >= 15 is 0 Å². The van der Waals surface area contributed by atoms with Crippen LogP contribution in [0.1, 0.15) is 32.7 Å². The Morgan fingerprint density at radius 2 is 1.88 bits per heavy atom. The molecule has 0 spiro atoms. The summed E-state index contributed by atoms with van der Waals surface area (Å²) in [7, 11) is -0.175. The second kappa shape index (κ2) is 7.10. The summed E-state index contributed by atoms with van der Waals surface area (Å²) >= 11 is 0. The third-order valence-electron chi connectivity index (χ3n) is 4.26. The van der Waals surface area contributed by atoms with E-state index in [9.17, 15) is 8.42 Å². The number of hydrogen-bond acceptors (Lipinski definition) is 7. The maximum absolute atomic E-state index is 12.7. The molecule has 9 nitrogen and oxygen atoms in total. The van der Waals surface area contributed by atoms with Crippen LogP contribution in [0.25, 0.3) is 0 Å². The molecule has 0 radical (unpaired) electrons. The maximum Gasteiger partial charge on any atom is 0.281 e. The first kappa shape index (κ1) is 18.4. The van der Waals surface area contributed by atoms with E-state index in [0.29, 0.717) is 17.5 Å². The fourth-order valence-electron chi connectivity index (χ4n) is 2.78. The van der Waals surface area contributed by atoms with Crippen LogP contribution in [0.3, 0.4) is 0 Å². The average molecular weight is 379 g/mol. The first-order valence-corrected chi connectivity index (χ1v) is 10.1. The maximum atomic E-state index is 12.7. The van der Waals surface area contributed by atoms with Gasteiger partial charge in [0, 0.05) is 39.4 Å². The molecule has 0 aromatic carbocycles. The molecule has 3 rings (SSSR count). The van der Waals surface area contributed by atoms with Gasteiger partial charge in [-0.05, 0) is 26.7 Å². The quantitative estimate of drug-likeness (QED) is 0.816. The van der Waals surface area contributed by atoms with Crippen LogP contribution in [-0.2, 0) is 10.0 Å². The highest BCUT2D eigenvalue weighted by Gasteiger charge is 2.23. The van der Waals surface area contributed by atoms with Gasteiger partial charge in [-0.3, -0.25) is 4.72 Å². The average Bonchev–Trinajstić information content (AvgIpc) is 3.27. The zero-order valence-electron chi connectivity index (χ0n) is 15.5. The summed E-state index contributed by atoms with van der Waals surface area (Å²) in [6.07, 6.45) is 6.79. The summed E-state index contributed by atoms with van der Waals surface area (Å²) in [4.78, 5) is 16.8. The Hall–Kier alpha value is -2.36. The second-order valence-electron chi connectivity index (χ2n) is 6.85. The van der Waals surface area contributed by atoms with Gasteiger partial charge in [-0.1, -0.05) is 0 Å².